The van der Waals surface area contributed by atoms with Crippen LogP contribution in [-0.4, -0.2) is 28.8 Å². The van der Waals surface area contributed by atoms with Gasteiger partial charge in [-0.2, -0.15) is 0 Å². The fourth-order valence-corrected chi connectivity index (χ4v) is 1.31. The van der Waals surface area contributed by atoms with Crippen LogP contribution >= 0.6 is 0 Å². The largest absolute Gasteiger partial charge is 0.504 e. The van der Waals surface area contributed by atoms with Crippen LogP contribution in [0.4, 0.5) is 0 Å². The highest BCUT2D eigenvalue weighted by Gasteiger charge is 2.13. The highest BCUT2D eigenvalue weighted by molar-refractivity contribution is 5.73. The molecular formula is C11H15NO4. The van der Waals surface area contributed by atoms with E-state index in [0.29, 0.717) is 17.9 Å². The number of benzene rings is 1. The Bertz CT molecular complexity index is 378. The molecule has 1 rings (SSSR count). The van der Waals surface area contributed by atoms with Crippen molar-refractivity contribution >= 4 is 5.97 Å². The molecule has 0 amide bonds. The molecule has 1 atom stereocenters. The minimum absolute atomic E-state index is 0.00283. The Morgan fingerprint density at radius 3 is 2.75 bits per heavy atom. The number of nitrogens with two attached hydrogens (primary N) is 1. The molecule has 88 valence electrons. The zero-order chi connectivity index (χ0) is 12.1. The number of carboxylic acids is 1. The number of aromatic hydroxyl groups is 1. The molecule has 0 spiro atoms. The number of carbonyl (C=O) groups is 1. The molecule has 0 saturated heterocycles. The first-order valence-electron chi connectivity index (χ1n) is 4.97. The van der Waals surface area contributed by atoms with Crippen molar-refractivity contribution in [1.82, 2.24) is 0 Å². The van der Waals surface area contributed by atoms with Crippen molar-refractivity contribution in [2.45, 2.75) is 19.4 Å². The van der Waals surface area contributed by atoms with Gasteiger partial charge in [-0.05, 0) is 31.0 Å². The number of aliphatic carboxylic acids is 1. The molecule has 0 radical (unpaired) electrons. The van der Waals surface area contributed by atoms with Crippen LogP contribution in [-0.2, 0) is 11.2 Å². The monoisotopic (exact) mass is 225 g/mol. The van der Waals surface area contributed by atoms with E-state index in [1.54, 1.807) is 12.1 Å². The molecule has 5 heteroatoms. The van der Waals surface area contributed by atoms with E-state index in [9.17, 15) is 9.90 Å². The zero-order valence-corrected chi connectivity index (χ0v) is 9.01. The average molecular weight is 225 g/mol. The normalized spacial score (nSPS) is 12.1. The summed E-state index contributed by atoms with van der Waals surface area (Å²) in [6.07, 6.45) is 0.176. The second-order valence-electron chi connectivity index (χ2n) is 3.38. The highest BCUT2D eigenvalue weighted by atomic mass is 16.5. The van der Waals surface area contributed by atoms with Crippen molar-refractivity contribution in [3.63, 3.8) is 0 Å². The van der Waals surface area contributed by atoms with Gasteiger partial charge in [-0.15, -0.1) is 0 Å². The van der Waals surface area contributed by atoms with Crippen LogP contribution in [0.5, 0.6) is 11.5 Å². The van der Waals surface area contributed by atoms with Crippen molar-refractivity contribution in [2.24, 2.45) is 5.73 Å². The molecule has 0 fully saturated rings. The zero-order valence-electron chi connectivity index (χ0n) is 9.01. The molecular weight excluding hydrogens is 210 g/mol. The lowest BCUT2D eigenvalue weighted by atomic mass is 10.1. The number of phenolic OH excluding ortho intramolecular Hbond substituents is 1. The lowest BCUT2D eigenvalue weighted by Gasteiger charge is -2.09. The van der Waals surface area contributed by atoms with Crippen molar-refractivity contribution in [2.75, 3.05) is 6.61 Å². The summed E-state index contributed by atoms with van der Waals surface area (Å²) < 4.78 is 5.15. The molecule has 1 aromatic rings. The molecule has 0 saturated carbocycles. The smallest absolute Gasteiger partial charge is 0.320 e. The van der Waals surface area contributed by atoms with E-state index in [1.165, 1.54) is 6.07 Å². The first-order chi connectivity index (χ1) is 7.54. The van der Waals surface area contributed by atoms with Crippen LogP contribution in [0.25, 0.3) is 0 Å². The third-order valence-electron chi connectivity index (χ3n) is 2.10. The fourth-order valence-electron chi connectivity index (χ4n) is 1.31. The standard InChI is InChI=1S/C11H15NO4/c1-2-16-10-4-3-7(6-9(10)13)5-8(12)11(14)15/h3-4,6,8,13H,2,5,12H2,1H3,(H,14,15)/t8-/m0/s1. The minimum Gasteiger partial charge on any atom is -0.504 e. The van der Waals surface area contributed by atoms with E-state index in [0.717, 1.165) is 0 Å². The topological polar surface area (TPSA) is 92.8 Å². The van der Waals surface area contributed by atoms with Crippen LogP contribution in [0.2, 0.25) is 0 Å². The Kier molecular flexibility index (Phi) is 4.13. The van der Waals surface area contributed by atoms with Gasteiger partial charge >= 0.3 is 5.97 Å². The van der Waals surface area contributed by atoms with Gasteiger partial charge in [-0.1, -0.05) is 6.07 Å². The van der Waals surface area contributed by atoms with Gasteiger partial charge in [0.2, 0.25) is 0 Å². The molecule has 1 aromatic carbocycles. The summed E-state index contributed by atoms with van der Waals surface area (Å²) in [4.78, 5) is 10.5. The quantitative estimate of drug-likeness (QED) is 0.687. The molecule has 4 N–H and O–H groups in total. The Morgan fingerprint density at radius 1 is 1.56 bits per heavy atom. The fraction of sp³-hybridized carbons (Fsp3) is 0.364. The molecule has 0 unspecified atom stereocenters. The predicted molar refractivity (Wildman–Crippen MR) is 58.6 cm³/mol. The van der Waals surface area contributed by atoms with Crippen LogP contribution in [0.15, 0.2) is 18.2 Å². The molecule has 0 aliphatic carbocycles. The number of rotatable bonds is 5. The lowest BCUT2D eigenvalue weighted by Crippen LogP contribution is -2.32. The van der Waals surface area contributed by atoms with E-state index in [4.69, 9.17) is 15.6 Å². The summed E-state index contributed by atoms with van der Waals surface area (Å²) in [6.45, 7) is 2.27. The second kappa shape index (κ2) is 5.37. The molecule has 0 aromatic heterocycles. The third-order valence-corrected chi connectivity index (χ3v) is 2.10. The van der Waals surface area contributed by atoms with Crippen LogP contribution < -0.4 is 10.5 Å². The van der Waals surface area contributed by atoms with Gasteiger partial charge in [-0.25, -0.2) is 0 Å². The summed E-state index contributed by atoms with van der Waals surface area (Å²) in [6, 6.07) is 3.79. The summed E-state index contributed by atoms with van der Waals surface area (Å²) >= 11 is 0. The molecule has 16 heavy (non-hydrogen) atoms. The van der Waals surface area contributed by atoms with Gasteiger partial charge in [0, 0.05) is 0 Å². The first kappa shape index (κ1) is 12.3. The van der Waals surface area contributed by atoms with E-state index in [1.807, 2.05) is 6.92 Å². The van der Waals surface area contributed by atoms with E-state index in [-0.39, 0.29) is 12.2 Å². The Labute approximate surface area is 93.5 Å². The molecule has 0 bridgehead atoms. The number of carboxylic acid groups (broad SMARTS) is 1. The third kappa shape index (κ3) is 3.13. The summed E-state index contributed by atoms with van der Waals surface area (Å²) in [5.74, 6) is -0.680. The predicted octanol–water partition coefficient (Wildman–Crippen LogP) is 0.745. The first-order valence-corrected chi connectivity index (χ1v) is 4.97. The van der Waals surface area contributed by atoms with Crippen LogP contribution in [0.3, 0.4) is 0 Å². The average Bonchev–Trinajstić information content (AvgIpc) is 2.22. The summed E-state index contributed by atoms with van der Waals surface area (Å²) in [7, 11) is 0. The SMILES string of the molecule is CCOc1ccc(C[C@H](N)C(=O)O)cc1O. The van der Waals surface area contributed by atoms with Gasteiger partial charge in [0.15, 0.2) is 11.5 Å². The van der Waals surface area contributed by atoms with E-state index < -0.39 is 12.0 Å². The van der Waals surface area contributed by atoms with Gasteiger partial charge in [0.05, 0.1) is 6.61 Å². The number of hydrogen-bond acceptors (Lipinski definition) is 4. The summed E-state index contributed by atoms with van der Waals surface area (Å²) in [5.41, 5.74) is 6.05. The molecule has 0 heterocycles. The highest BCUT2D eigenvalue weighted by Crippen LogP contribution is 2.27. The van der Waals surface area contributed by atoms with Crippen molar-refractivity contribution < 1.29 is 19.7 Å². The number of ether oxygens (including phenoxy) is 1. The lowest BCUT2D eigenvalue weighted by molar-refractivity contribution is -0.138. The van der Waals surface area contributed by atoms with E-state index in [2.05, 4.69) is 0 Å². The van der Waals surface area contributed by atoms with E-state index >= 15 is 0 Å². The second-order valence-corrected chi connectivity index (χ2v) is 3.38. The van der Waals surface area contributed by atoms with Crippen molar-refractivity contribution in [3.8, 4) is 11.5 Å². The van der Waals surface area contributed by atoms with Gasteiger partial charge in [0.1, 0.15) is 6.04 Å². The number of hydrogen-bond donors (Lipinski definition) is 3. The van der Waals surface area contributed by atoms with Gasteiger partial charge < -0.3 is 20.7 Å². The van der Waals surface area contributed by atoms with Crippen LogP contribution in [0, 0.1) is 0 Å². The van der Waals surface area contributed by atoms with Crippen molar-refractivity contribution in [3.05, 3.63) is 23.8 Å². The van der Waals surface area contributed by atoms with Gasteiger partial charge in [0.25, 0.3) is 0 Å². The number of phenols is 1. The minimum atomic E-state index is -1.06. The van der Waals surface area contributed by atoms with Gasteiger partial charge in [-0.3, -0.25) is 4.79 Å². The summed E-state index contributed by atoms with van der Waals surface area (Å²) in [5, 5.41) is 18.2. The maximum Gasteiger partial charge on any atom is 0.320 e. The molecule has 0 aliphatic heterocycles. The maximum atomic E-state index is 10.5. The molecule has 0 aliphatic rings. The Balaban J connectivity index is 2.77. The van der Waals surface area contributed by atoms with Crippen molar-refractivity contribution in [1.29, 1.82) is 0 Å². The Hall–Kier alpha value is -1.75. The van der Waals surface area contributed by atoms with Crippen LogP contribution in [0.1, 0.15) is 12.5 Å². The Morgan fingerprint density at radius 2 is 2.25 bits per heavy atom. The maximum absolute atomic E-state index is 10.5. The molecule has 5 nitrogen and oxygen atoms in total.